The zero-order chi connectivity index (χ0) is 9.84. The molecule has 0 spiro atoms. The molecule has 0 aliphatic heterocycles. The Morgan fingerprint density at radius 2 is 2.08 bits per heavy atom. The predicted octanol–water partition coefficient (Wildman–Crippen LogP) is 3.72. The first-order valence-corrected chi connectivity index (χ1v) is 4.47. The molecule has 0 atom stereocenters. The Labute approximate surface area is 87.1 Å². The van der Waals surface area contributed by atoms with Crippen molar-refractivity contribution in [2.24, 2.45) is 4.99 Å². The molecule has 1 aromatic carbocycles. The van der Waals surface area contributed by atoms with Crippen molar-refractivity contribution >= 4 is 35.1 Å². The second kappa shape index (κ2) is 4.49. The van der Waals surface area contributed by atoms with Gasteiger partial charge in [0.25, 0.3) is 0 Å². The fourth-order valence-electron chi connectivity index (χ4n) is 0.928. The summed E-state index contributed by atoms with van der Waals surface area (Å²) in [7, 11) is 1.55. The molecule has 0 unspecified atom stereocenters. The van der Waals surface area contributed by atoms with E-state index < -0.39 is 0 Å². The van der Waals surface area contributed by atoms with Gasteiger partial charge in [-0.1, -0.05) is 23.2 Å². The van der Waals surface area contributed by atoms with Gasteiger partial charge in [-0.2, -0.15) is 0 Å². The zero-order valence-electron chi connectivity index (χ0n) is 7.34. The van der Waals surface area contributed by atoms with Gasteiger partial charge in [0.2, 0.25) is 0 Å². The van der Waals surface area contributed by atoms with Gasteiger partial charge in [0.05, 0.1) is 12.1 Å². The molecule has 70 valence electrons. The van der Waals surface area contributed by atoms with Crippen molar-refractivity contribution in [3.8, 4) is 5.75 Å². The van der Waals surface area contributed by atoms with Crippen LogP contribution in [0.3, 0.4) is 0 Å². The molecular formula is C9H9Cl2NO. The van der Waals surface area contributed by atoms with Crippen LogP contribution < -0.4 is 4.74 Å². The Hall–Kier alpha value is -0.730. The molecule has 2 nitrogen and oxygen atoms in total. The second-order valence-electron chi connectivity index (χ2n) is 2.30. The van der Waals surface area contributed by atoms with E-state index in [9.17, 15) is 0 Å². The second-order valence-corrected chi connectivity index (χ2v) is 3.08. The summed E-state index contributed by atoms with van der Waals surface area (Å²) in [6.07, 6.45) is 1.63. The fraction of sp³-hybridized carbons (Fsp3) is 0.222. The monoisotopic (exact) mass is 217 g/mol. The van der Waals surface area contributed by atoms with Gasteiger partial charge in [0.1, 0.15) is 16.5 Å². The van der Waals surface area contributed by atoms with Crippen LogP contribution in [-0.2, 0) is 0 Å². The molecule has 0 heterocycles. The Kier molecular flexibility index (Phi) is 3.58. The fourth-order valence-corrected chi connectivity index (χ4v) is 1.47. The topological polar surface area (TPSA) is 21.6 Å². The van der Waals surface area contributed by atoms with Crippen LogP contribution in [0.2, 0.25) is 10.0 Å². The van der Waals surface area contributed by atoms with Crippen LogP contribution in [0.5, 0.6) is 5.75 Å². The summed E-state index contributed by atoms with van der Waals surface area (Å²) in [5, 5.41) is 0.956. The number of aliphatic imine (C=N–C) groups is 1. The summed E-state index contributed by atoms with van der Waals surface area (Å²) in [5.74, 6) is 0.576. The van der Waals surface area contributed by atoms with Crippen molar-refractivity contribution in [2.45, 2.75) is 6.92 Å². The molecule has 0 saturated heterocycles. The van der Waals surface area contributed by atoms with Crippen molar-refractivity contribution in [3.05, 3.63) is 22.2 Å². The number of halogens is 2. The average Bonchev–Trinajstić information content (AvgIpc) is 2.12. The highest BCUT2D eigenvalue weighted by Crippen LogP contribution is 2.39. The molecule has 0 fully saturated rings. The van der Waals surface area contributed by atoms with Crippen LogP contribution in [0.25, 0.3) is 0 Å². The Morgan fingerprint density at radius 3 is 2.62 bits per heavy atom. The summed E-state index contributed by atoms with van der Waals surface area (Å²) in [6.45, 7) is 1.80. The highest BCUT2D eigenvalue weighted by Gasteiger charge is 2.09. The first-order valence-electron chi connectivity index (χ1n) is 3.71. The molecule has 0 aliphatic rings. The van der Waals surface area contributed by atoms with Gasteiger partial charge >= 0.3 is 0 Å². The Morgan fingerprint density at radius 1 is 1.38 bits per heavy atom. The maximum Gasteiger partial charge on any atom is 0.139 e. The first-order chi connectivity index (χ1) is 6.20. The lowest BCUT2D eigenvalue weighted by Gasteiger charge is -2.06. The van der Waals surface area contributed by atoms with Gasteiger partial charge in [-0.25, -0.2) is 0 Å². The minimum absolute atomic E-state index is 0.438. The number of hydrogen-bond acceptors (Lipinski definition) is 2. The molecule has 0 N–H and O–H groups in total. The number of methoxy groups -OCH3 is 1. The molecule has 0 amide bonds. The summed E-state index contributed by atoms with van der Waals surface area (Å²) < 4.78 is 5.02. The van der Waals surface area contributed by atoms with E-state index in [0.717, 1.165) is 0 Å². The maximum absolute atomic E-state index is 5.97. The van der Waals surface area contributed by atoms with Crippen LogP contribution in [0.15, 0.2) is 17.1 Å². The van der Waals surface area contributed by atoms with Gasteiger partial charge in [-0.05, 0) is 19.1 Å². The van der Waals surface area contributed by atoms with Crippen LogP contribution in [-0.4, -0.2) is 13.3 Å². The third kappa shape index (κ3) is 2.14. The largest absolute Gasteiger partial charge is 0.495 e. The lowest BCUT2D eigenvalue weighted by Crippen LogP contribution is -1.84. The SMILES string of the molecule is CC=Nc1c(Cl)ccc(OC)c1Cl. The van der Waals surface area contributed by atoms with Gasteiger partial charge in [0.15, 0.2) is 0 Å². The average molecular weight is 218 g/mol. The molecule has 0 bridgehead atoms. The number of rotatable bonds is 2. The Balaban J connectivity index is 3.29. The van der Waals surface area contributed by atoms with Gasteiger partial charge in [-0.15, -0.1) is 0 Å². The van der Waals surface area contributed by atoms with Crippen molar-refractivity contribution < 1.29 is 4.74 Å². The lowest BCUT2D eigenvalue weighted by atomic mass is 10.3. The first kappa shape index (κ1) is 10.4. The van der Waals surface area contributed by atoms with Gasteiger partial charge in [0, 0.05) is 6.21 Å². The van der Waals surface area contributed by atoms with Crippen LogP contribution in [0, 0.1) is 0 Å². The highest BCUT2D eigenvalue weighted by molar-refractivity contribution is 6.39. The summed E-state index contributed by atoms with van der Waals surface area (Å²) in [4.78, 5) is 4.05. The molecule has 0 aliphatic carbocycles. The summed E-state index contributed by atoms with van der Waals surface area (Å²) >= 11 is 11.9. The van der Waals surface area contributed by atoms with E-state index in [0.29, 0.717) is 21.5 Å². The van der Waals surface area contributed by atoms with Crippen LogP contribution in [0.4, 0.5) is 5.69 Å². The van der Waals surface area contributed by atoms with Gasteiger partial charge < -0.3 is 4.74 Å². The summed E-state index contributed by atoms with van der Waals surface area (Å²) in [6, 6.07) is 3.41. The standard InChI is InChI=1S/C9H9Cl2NO/c1-3-12-9-6(10)4-5-7(13-2)8(9)11/h3-5H,1-2H3. The van der Waals surface area contributed by atoms with Crippen molar-refractivity contribution in [1.82, 2.24) is 0 Å². The minimum Gasteiger partial charge on any atom is -0.495 e. The van der Waals surface area contributed by atoms with Gasteiger partial charge in [-0.3, -0.25) is 4.99 Å². The van der Waals surface area contributed by atoms with Crippen molar-refractivity contribution in [3.63, 3.8) is 0 Å². The van der Waals surface area contributed by atoms with E-state index in [1.54, 1.807) is 32.4 Å². The molecule has 0 radical (unpaired) electrons. The predicted molar refractivity (Wildman–Crippen MR) is 56.8 cm³/mol. The molecule has 13 heavy (non-hydrogen) atoms. The quantitative estimate of drug-likeness (QED) is 0.693. The third-order valence-electron chi connectivity index (χ3n) is 1.51. The molecular weight excluding hydrogens is 209 g/mol. The number of benzene rings is 1. The van der Waals surface area contributed by atoms with E-state index in [-0.39, 0.29) is 0 Å². The minimum atomic E-state index is 0.438. The number of ether oxygens (including phenoxy) is 1. The number of nitrogens with zero attached hydrogens (tertiary/aromatic N) is 1. The lowest BCUT2D eigenvalue weighted by molar-refractivity contribution is 0.415. The number of hydrogen-bond donors (Lipinski definition) is 0. The molecule has 0 saturated carbocycles. The van der Waals surface area contributed by atoms with Crippen LogP contribution >= 0.6 is 23.2 Å². The van der Waals surface area contributed by atoms with E-state index in [1.165, 1.54) is 0 Å². The van der Waals surface area contributed by atoms with E-state index in [1.807, 2.05) is 0 Å². The molecule has 1 aromatic rings. The van der Waals surface area contributed by atoms with Crippen LogP contribution in [0.1, 0.15) is 6.92 Å². The molecule has 4 heteroatoms. The molecule has 1 rings (SSSR count). The molecule has 0 aromatic heterocycles. The third-order valence-corrected chi connectivity index (χ3v) is 2.18. The normalized spacial score (nSPS) is 10.8. The smallest absolute Gasteiger partial charge is 0.139 e. The van der Waals surface area contributed by atoms with Crippen molar-refractivity contribution in [2.75, 3.05) is 7.11 Å². The van der Waals surface area contributed by atoms with Crippen molar-refractivity contribution in [1.29, 1.82) is 0 Å². The summed E-state index contributed by atoms with van der Waals surface area (Å²) in [5.41, 5.74) is 0.546. The zero-order valence-corrected chi connectivity index (χ0v) is 8.86. The van der Waals surface area contributed by atoms with E-state index in [4.69, 9.17) is 27.9 Å². The maximum atomic E-state index is 5.97. The Bertz CT molecular complexity index is 337. The highest BCUT2D eigenvalue weighted by atomic mass is 35.5. The van der Waals surface area contributed by atoms with E-state index in [2.05, 4.69) is 4.99 Å². The van der Waals surface area contributed by atoms with E-state index >= 15 is 0 Å².